The van der Waals surface area contributed by atoms with Crippen molar-refractivity contribution in [3.8, 4) is 0 Å². The lowest BCUT2D eigenvalue weighted by Gasteiger charge is -2.38. The summed E-state index contributed by atoms with van der Waals surface area (Å²) in [4.78, 5) is 25.1. The van der Waals surface area contributed by atoms with Gasteiger partial charge in [0, 0.05) is 31.3 Å². The van der Waals surface area contributed by atoms with E-state index in [4.69, 9.17) is 18.9 Å². The van der Waals surface area contributed by atoms with E-state index in [1.165, 1.54) is 5.57 Å². The molecule has 0 unspecified atom stereocenters. The van der Waals surface area contributed by atoms with Crippen LogP contribution in [0.2, 0.25) is 0 Å². The average Bonchev–Trinajstić information content (AvgIpc) is 2.86. The van der Waals surface area contributed by atoms with Gasteiger partial charge >= 0.3 is 11.9 Å². The first kappa shape index (κ1) is 24.2. The van der Waals surface area contributed by atoms with Crippen molar-refractivity contribution in [2.45, 2.75) is 6.29 Å². The molecule has 1 fully saturated rings. The summed E-state index contributed by atoms with van der Waals surface area (Å²) in [6.07, 6.45) is 12.0. The molecule has 0 N–H and O–H groups in total. The predicted octanol–water partition coefficient (Wildman–Crippen LogP) is 3.58. The van der Waals surface area contributed by atoms with Gasteiger partial charge in [0.25, 0.3) is 0 Å². The van der Waals surface area contributed by atoms with Crippen LogP contribution in [-0.2, 0) is 28.5 Å². The van der Waals surface area contributed by atoms with Crippen molar-refractivity contribution in [3.05, 3.63) is 90.7 Å². The molecule has 0 spiro atoms. The molecule has 1 aromatic rings. The monoisotopic (exact) mass is 451 g/mol. The maximum absolute atomic E-state index is 11.5. The van der Waals surface area contributed by atoms with E-state index in [2.05, 4.69) is 48.6 Å². The molecule has 0 amide bonds. The highest BCUT2D eigenvalue weighted by atomic mass is 16.7. The highest BCUT2D eigenvalue weighted by molar-refractivity contribution is 5.81. The number of ether oxygens (including phenoxy) is 4. The van der Waals surface area contributed by atoms with Gasteiger partial charge < -0.3 is 23.8 Å². The first-order chi connectivity index (χ1) is 15.9. The summed E-state index contributed by atoms with van der Waals surface area (Å²) in [5.41, 5.74) is 2.28. The van der Waals surface area contributed by atoms with Gasteiger partial charge in [-0.2, -0.15) is 0 Å². The molecule has 174 valence electrons. The summed E-state index contributed by atoms with van der Waals surface area (Å²) < 4.78 is 22.2. The zero-order chi connectivity index (χ0) is 23.7. The fraction of sp³-hybridized carbons (Fsp3) is 0.308. The number of hydrogen-bond acceptors (Lipinski definition) is 7. The van der Waals surface area contributed by atoms with E-state index < -0.39 is 23.6 Å². The van der Waals surface area contributed by atoms with Crippen LogP contribution < -0.4 is 0 Å². The highest BCUT2D eigenvalue weighted by Gasteiger charge is 2.40. The minimum absolute atomic E-state index is 0.0290. The van der Waals surface area contributed by atoms with Gasteiger partial charge in [-0.05, 0) is 23.4 Å². The normalized spacial score (nSPS) is 18.0. The number of allylic oxidation sites excluding steroid dienone is 3. The van der Waals surface area contributed by atoms with Crippen LogP contribution in [0.15, 0.2) is 79.6 Å². The molecule has 7 heteroatoms. The second kappa shape index (κ2) is 11.4. The van der Waals surface area contributed by atoms with Crippen molar-refractivity contribution >= 4 is 18.0 Å². The van der Waals surface area contributed by atoms with Crippen LogP contribution in [0.3, 0.4) is 0 Å². The largest absolute Gasteiger partial charge is 0.462 e. The Morgan fingerprint density at radius 1 is 1.06 bits per heavy atom. The Kier molecular flexibility index (Phi) is 8.40. The lowest BCUT2D eigenvalue weighted by Crippen LogP contribution is -2.46. The summed E-state index contributed by atoms with van der Waals surface area (Å²) in [6.45, 7) is 7.98. The van der Waals surface area contributed by atoms with E-state index in [0.717, 1.165) is 29.8 Å². The zero-order valence-electron chi connectivity index (χ0n) is 18.8. The maximum Gasteiger partial charge on any atom is 0.330 e. The molecule has 0 bridgehead atoms. The van der Waals surface area contributed by atoms with Crippen LogP contribution in [0.25, 0.3) is 6.08 Å². The first-order valence-electron chi connectivity index (χ1n) is 10.6. The fourth-order valence-corrected chi connectivity index (χ4v) is 3.23. The minimum Gasteiger partial charge on any atom is -0.462 e. The van der Waals surface area contributed by atoms with Gasteiger partial charge in [0.1, 0.15) is 13.2 Å². The number of benzene rings is 1. The molecule has 33 heavy (non-hydrogen) atoms. The van der Waals surface area contributed by atoms with Crippen molar-refractivity contribution < 1.29 is 28.5 Å². The van der Waals surface area contributed by atoms with Crippen molar-refractivity contribution in [3.63, 3.8) is 0 Å². The van der Waals surface area contributed by atoms with Gasteiger partial charge in [0.05, 0.1) is 18.6 Å². The Hall–Kier alpha value is -3.42. The first-order valence-corrected chi connectivity index (χ1v) is 10.6. The van der Waals surface area contributed by atoms with Crippen LogP contribution in [0.5, 0.6) is 0 Å². The van der Waals surface area contributed by atoms with Crippen LogP contribution in [0.1, 0.15) is 17.4 Å². The molecule has 7 nitrogen and oxygen atoms in total. The number of likely N-dealkylation sites (N-methyl/N-ethyl adjacent to an activating group) is 1. The van der Waals surface area contributed by atoms with E-state index in [1.807, 2.05) is 31.3 Å². The summed E-state index contributed by atoms with van der Waals surface area (Å²) in [6, 6.07) is 7.89. The lowest BCUT2D eigenvalue weighted by atomic mass is 9.91. The molecule has 2 aliphatic heterocycles. The molecule has 1 aromatic carbocycles. The summed E-state index contributed by atoms with van der Waals surface area (Å²) in [7, 11) is 2.04. The standard InChI is InChI=1S/C26H29NO6/c1-4-23(28)30-16-26(17-31-24(29)5-2)18-32-25(33-19-26)22-10-8-20(9-11-22)6-7-21-12-14-27(3)15-13-21/h4-14,25H,1-2,15-19H2,3H3. The van der Waals surface area contributed by atoms with Gasteiger partial charge in [0.15, 0.2) is 6.29 Å². The average molecular weight is 452 g/mol. The number of nitrogens with zero attached hydrogens (tertiary/aromatic N) is 1. The molecular formula is C26H29NO6. The number of rotatable bonds is 9. The molecule has 1 saturated heterocycles. The van der Waals surface area contributed by atoms with E-state index in [9.17, 15) is 9.59 Å². The minimum atomic E-state index is -0.814. The van der Waals surface area contributed by atoms with E-state index in [-0.39, 0.29) is 26.4 Å². The van der Waals surface area contributed by atoms with Crippen molar-refractivity contribution in [2.24, 2.45) is 5.41 Å². The van der Waals surface area contributed by atoms with Crippen LogP contribution >= 0.6 is 0 Å². The summed E-state index contributed by atoms with van der Waals surface area (Å²) in [5, 5.41) is 0. The number of carbonyl (C=O) groups is 2. The Bertz CT molecular complexity index is 925. The fourth-order valence-electron chi connectivity index (χ4n) is 3.23. The molecule has 0 aliphatic carbocycles. The number of carbonyl (C=O) groups excluding carboxylic acids is 2. The van der Waals surface area contributed by atoms with Crippen molar-refractivity contribution in [2.75, 3.05) is 40.0 Å². The van der Waals surface area contributed by atoms with E-state index >= 15 is 0 Å². The predicted molar refractivity (Wildman–Crippen MR) is 125 cm³/mol. The third kappa shape index (κ3) is 7.03. The van der Waals surface area contributed by atoms with Gasteiger partial charge in [0.2, 0.25) is 0 Å². The second-order valence-electron chi connectivity index (χ2n) is 8.04. The molecule has 2 heterocycles. The van der Waals surface area contributed by atoms with E-state index in [1.54, 1.807) is 0 Å². The summed E-state index contributed by atoms with van der Waals surface area (Å²) >= 11 is 0. The lowest BCUT2D eigenvalue weighted by molar-refractivity contribution is -0.251. The molecule has 0 saturated carbocycles. The van der Waals surface area contributed by atoms with Gasteiger partial charge in [-0.1, -0.05) is 55.7 Å². The molecule has 0 atom stereocenters. The van der Waals surface area contributed by atoms with Crippen molar-refractivity contribution in [1.82, 2.24) is 4.90 Å². The van der Waals surface area contributed by atoms with Crippen LogP contribution in [0, 0.1) is 5.41 Å². The van der Waals surface area contributed by atoms with Crippen molar-refractivity contribution in [1.29, 1.82) is 0 Å². The third-order valence-electron chi connectivity index (χ3n) is 5.27. The second-order valence-corrected chi connectivity index (χ2v) is 8.04. The Labute approximate surface area is 194 Å². The number of hydrogen-bond donors (Lipinski definition) is 0. The molecular weight excluding hydrogens is 422 g/mol. The van der Waals surface area contributed by atoms with Crippen LogP contribution in [0.4, 0.5) is 0 Å². The highest BCUT2D eigenvalue weighted by Crippen LogP contribution is 2.33. The smallest absolute Gasteiger partial charge is 0.330 e. The van der Waals surface area contributed by atoms with Gasteiger partial charge in [-0.25, -0.2) is 9.59 Å². The third-order valence-corrected chi connectivity index (χ3v) is 5.27. The molecule has 2 aliphatic rings. The SMILES string of the molecule is C=CC(=O)OCC1(COC(=O)C=C)COC(c2ccc(C=CC3=CCN(C)C=C3)cc2)OC1. The topological polar surface area (TPSA) is 74.3 Å². The maximum atomic E-state index is 11.5. The molecule has 0 aromatic heterocycles. The van der Waals surface area contributed by atoms with Gasteiger partial charge in [-0.15, -0.1) is 0 Å². The molecule has 0 radical (unpaired) electrons. The molecule has 3 rings (SSSR count). The summed E-state index contributed by atoms with van der Waals surface area (Å²) in [5.74, 6) is -1.14. The Balaban J connectivity index is 1.59. The number of esters is 2. The zero-order valence-corrected chi connectivity index (χ0v) is 18.8. The Morgan fingerprint density at radius 2 is 1.67 bits per heavy atom. The quantitative estimate of drug-likeness (QED) is 0.420. The van der Waals surface area contributed by atoms with E-state index in [0.29, 0.717) is 0 Å². The Morgan fingerprint density at radius 3 is 2.18 bits per heavy atom. The van der Waals surface area contributed by atoms with Crippen LogP contribution in [-0.4, -0.2) is 56.9 Å². The van der Waals surface area contributed by atoms with Gasteiger partial charge in [-0.3, -0.25) is 0 Å².